The predicted molar refractivity (Wildman–Crippen MR) is 70.0 cm³/mol. The van der Waals surface area contributed by atoms with Gasteiger partial charge in [0, 0.05) is 6.54 Å². The molecular formula is C13H15FN4O. The Morgan fingerprint density at radius 3 is 2.58 bits per heavy atom. The topological polar surface area (TPSA) is 83.8 Å². The van der Waals surface area contributed by atoms with Crippen LogP contribution >= 0.6 is 0 Å². The van der Waals surface area contributed by atoms with Crippen LogP contribution in [-0.2, 0) is 6.54 Å². The molecule has 0 saturated heterocycles. The Balaban J connectivity index is 2.07. The highest BCUT2D eigenvalue weighted by molar-refractivity contribution is 5.96. The minimum Gasteiger partial charge on any atom is -0.396 e. The molecule has 0 atom stereocenters. The van der Waals surface area contributed by atoms with Crippen LogP contribution in [0.1, 0.15) is 27.2 Å². The lowest BCUT2D eigenvalue weighted by Crippen LogP contribution is -2.24. The normalized spacial score (nSPS) is 10.5. The van der Waals surface area contributed by atoms with Gasteiger partial charge in [-0.15, -0.1) is 0 Å². The van der Waals surface area contributed by atoms with Crippen molar-refractivity contribution in [3.05, 3.63) is 46.5 Å². The van der Waals surface area contributed by atoms with Crippen molar-refractivity contribution < 1.29 is 9.18 Å². The molecule has 6 heteroatoms. The average molecular weight is 262 g/mol. The van der Waals surface area contributed by atoms with Gasteiger partial charge in [-0.3, -0.25) is 9.89 Å². The second-order valence-corrected chi connectivity index (χ2v) is 4.43. The molecule has 0 radical (unpaired) electrons. The van der Waals surface area contributed by atoms with Crippen LogP contribution in [0, 0.1) is 19.7 Å². The highest BCUT2D eigenvalue weighted by Gasteiger charge is 2.11. The van der Waals surface area contributed by atoms with Crippen LogP contribution < -0.4 is 11.1 Å². The summed E-state index contributed by atoms with van der Waals surface area (Å²) in [7, 11) is 0. The number of halogens is 1. The van der Waals surface area contributed by atoms with E-state index >= 15 is 0 Å². The zero-order valence-corrected chi connectivity index (χ0v) is 10.7. The second-order valence-electron chi connectivity index (χ2n) is 4.43. The van der Waals surface area contributed by atoms with Gasteiger partial charge >= 0.3 is 0 Å². The summed E-state index contributed by atoms with van der Waals surface area (Å²) in [5.41, 5.74) is 8.06. The molecule has 0 bridgehead atoms. The van der Waals surface area contributed by atoms with Crippen molar-refractivity contribution in [2.45, 2.75) is 20.4 Å². The van der Waals surface area contributed by atoms with Gasteiger partial charge in [0.2, 0.25) is 0 Å². The van der Waals surface area contributed by atoms with E-state index in [4.69, 9.17) is 5.73 Å². The maximum absolute atomic E-state index is 13.5. The molecule has 1 aromatic carbocycles. The summed E-state index contributed by atoms with van der Waals surface area (Å²) in [5.74, 6) is -0.553. The van der Waals surface area contributed by atoms with Gasteiger partial charge in [0.1, 0.15) is 11.5 Å². The summed E-state index contributed by atoms with van der Waals surface area (Å²) >= 11 is 0. The van der Waals surface area contributed by atoms with Crippen molar-refractivity contribution in [3.8, 4) is 0 Å². The number of hydrogen-bond acceptors (Lipinski definition) is 3. The number of hydrogen-bond donors (Lipinski definition) is 3. The third-order valence-corrected chi connectivity index (χ3v) is 2.85. The van der Waals surface area contributed by atoms with E-state index in [9.17, 15) is 9.18 Å². The standard InChI is InChI=1S/C13H15FN4O/c1-7-3-9(4-8(2)11(7)14)5-16-13(19)12-10(15)6-17-18-12/h3-4,6H,5,15H2,1-2H3,(H,16,19)(H,17,18). The molecule has 1 aromatic heterocycles. The van der Waals surface area contributed by atoms with Gasteiger partial charge in [0.05, 0.1) is 11.9 Å². The molecule has 0 unspecified atom stereocenters. The van der Waals surface area contributed by atoms with Gasteiger partial charge in [-0.2, -0.15) is 5.10 Å². The number of amides is 1. The number of aryl methyl sites for hydroxylation is 2. The van der Waals surface area contributed by atoms with E-state index in [1.54, 1.807) is 26.0 Å². The number of rotatable bonds is 3. The molecule has 0 aliphatic heterocycles. The number of aromatic amines is 1. The van der Waals surface area contributed by atoms with Crippen molar-refractivity contribution in [1.29, 1.82) is 0 Å². The van der Waals surface area contributed by atoms with E-state index in [2.05, 4.69) is 15.5 Å². The fourth-order valence-corrected chi connectivity index (χ4v) is 1.89. The van der Waals surface area contributed by atoms with Crippen LogP contribution in [0.15, 0.2) is 18.3 Å². The molecule has 0 saturated carbocycles. The summed E-state index contributed by atoms with van der Waals surface area (Å²) < 4.78 is 13.5. The molecule has 2 aromatic rings. The summed E-state index contributed by atoms with van der Waals surface area (Å²) in [5, 5.41) is 8.91. The lowest BCUT2D eigenvalue weighted by molar-refractivity contribution is 0.0947. The molecule has 5 nitrogen and oxygen atoms in total. The number of aromatic nitrogens is 2. The van der Waals surface area contributed by atoms with E-state index in [1.165, 1.54) is 6.20 Å². The van der Waals surface area contributed by atoms with E-state index in [1.807, 2.05) is 0 Å². The third kappa shape index (κ3) is 2.73. The zero-order valence-electron chi connectivity index (χ0n) is 10.7. The summed E-state index contributed by atoms with van der Waals surface area (Å²) in [6.07, 6.45) is 1.38. The van der Waals surface area contributed by atoms with Crippen molar-refractivity contribution in [2.75, 3.05) is 5.73 Å². The Bertz CT molecular complexity index is 598. The number of nitrogens with two attached hydrogens (primary N) is 1. The monoisotopic (exact) mass is 262 g/mol. The predicted octanol–water partition coefficient (Wildman–Crippen LogP) is 1.68. The van der Waals surface area contributed by atoms with E-state index in [0.29, 0.717) is 23.4 Å². The SMILES string of the molecule is Cc1cc(CNC(=O)c2[nH]ncc2N)cc(C)c1F. The number of carbonyl (C=O) groups is 1. The molecule has 0 aliphatic rings. The number of anilines is 1. The number of H-pyrrole nitrogens is 1. The van der Waals surface area contributed by atoms with Crippen molar-refractivity contribution in [1.82, 2.24) is 15.5 Å². The number of benzene rings is 1. The highest BCUT2D eigenvalue weighted by Crippen LogP contribution is 2.15. The number of nitrogen functional groups attached to an aromatic ring is 1. The average Bonchev–Trinajstić information content (AvgIpc) is 2.79. The van der Waals surface area contributed by atoms with Gasteiger partial charge in [-0.1, -0.05) is 12.1 Å². The molecule has 0 aliphatic carbocycles. The van der Waals surface area contributed by atoms with Gasteiger partial charge < -0.3 is 11.1 Å². The van der Waals surface area contributed by atoms with Crippen LogP contribution in [0.2, 0.25) is 0 Å². The summed E-state index contributed by atoms with van der Waals surface area (Å²) in [6, 6.07) is 3.41. The largest absolute Gasteiger partial charge is 0.396 e. The van der Waals surface area contributed by atoms with Crippen molar-refractivity contribution >= 4 is 11.6 Å². The third-order valence-electron chi connectivity index (χ3n) is 2.85. The highest BCUT2D eigenvalue weighted by atomic mass is 19.1. The van der Waals surface area contributed by atoms with Crippen LogP contribution in [0.4, 0.5) is 10.1 Å². The Labute approximate surface area is 110 Å². The molecular weight excluding hydrogens is 247 g/mol. The van der Waals surface area contributed by atoms with E-state index in [0.717, 1.165) is 5.56 Å². The molecule has 100 valence electrons. The molecule has 19 heavy (non-hydrogen) atoms. The Kier molecular flexibility index (Phi) is 3.50. The fraction of sp³-hybridized carbons (Fsp3) is 0.231. The quantitative estimate of drug-likeness (QED) is 0.786. The van der Waals surface area contributed by atoms with E-state index < -0.39 is 0 Å². The lowest BCUT2D eigenvalue weighted by Gasteiger charge is -2.08. The first-order chi connectivity index (χ1) is 8.99. The molecule has 1 amide bonds. The van der Waals surface area contributed by atoms with Crippen molar-refractivity contribution in [2.24, 2.45) is 0 Å². The fourth-order valence-electron chi connectivity index (χ4n) is 1.89. The first kappa shape index (κ1) is 13.1. The van der Waals surface area contributed by atoms with Crippen LogP contribution in [0.25, 0.3) is 0 Å². The van der Waals surface area contributed by atoms with Gasteiger partial charge in [0.25, 0.3) is 5.91 Å². The van der Waals surface area contributed by atoms with Crippen LogP contribution in [0.5, 0.6) is 0 Å². The van der Waals surface area contributed by atoms with Crippen molar-refractivity contribution in [3.63, 3.8) is 0 Å². The summed E-state index contributed by atoms with van der Waals surface area (Å²) in [4.78, 5) is 11.8. The number of carbonyl (C=O) groups excluding carboxylic acids is 1. The Morgan fingerprint density at radius 2 is 2.05 bits per heavy atom. The molecule has 0 fully saturated rings. The number of nitrogens with zero attached hydrogens (tertiary/aromatic N) is 1. The lowest BCUT2D eigenvalue weighted by atomic mass is 10.1. The molecule has 1 heterocycles. The summed E-state index contributed by atoms with van der Waals surface area (Å²) in [6.45, 7) is 3.69. The Hall–Kier alpha value is -2.37. The maximum atomic E-state index is 13.5. The first-order valence-corrected chi connectivity index (χ1v) is 5.81. The van der Waals surface area contributed by atoms with Gasteiger partial charge in [-0.25, -0.2) is 4.39 Å². The molecule has 2 rings (SSSR count). The zero-order chi connectivity index (χ0) is 14.0. The first-order valence-electron chi connectivity index (χ1n) is 5.81. The molecule has 0 spiro atoms. The Morgan fingerprint density at radius 1 is 1.42 bits per heavy atom. The molecule has 4 N–H and O–H groups in total. The maximum Gasteiger partial charge on any atom is 0.271 e. The van der Waals surface area contributed by atoms with Crippen LogP contribution in [0.3, 0.4) is 0 Å². The van der Waals surface area contributed by atoms with Gasteiger partial charge in [0.15, 0.2) is 0 Å². The van der Waals surface area contributed by atoms with E-state index in [-0.39, 0.29) is 17.4 Å². The smallest absolute Gasteiger partial charge is 0.271 e. The minimum absolute atomic E-state index is 0.215. The minimum atomic E-state index is -0.338. The number of nitrogens with one attached hydrogen (secondary N) is 2. The van der Waals surface area contributed by atoms with Crippen LogP contribution in [-0.4, -0.2) is 16.1 Å². The van der Waals surface area contributed by atoms with Gasteiger partial charge in [-0.05, 0) is 30.5 Å². The second kappa shape index (κ2) is 5.09.